The Labute approximate surface area is 148 Å². The van der Waals surface area contributed by atoms with Crippen LogP contribution in [0.25, 0.3) is 0 Å². The number of imidazole rings is 1. The van der Waals surface area contributed by atoms with Crippen LogP contribution in [-0.4, -0.2) is 47.0 Å². The first-order chi connectivity index (χ1) is 12.2. The van der Waals surface area contributed by atoms with Gasteiger partial charge in [-0.15, -0.1) is 0 Å². The lowest BCUT2D eigenvalue weighted by molar-refractivity contribution is -0.122. The molecule has 1 saturated heterocycles. The topological polar surface area (TPSA) is 61.5 Å². The molecule has 1 amide bonds. The van der Waals surface area contributed by atoms with E-state index in [-0.39, 0.29) is 5.91 Å². The summed E-state index contributed by atoms with van der Waals surface area (Å²) in [5.41, 5.74) is 1.90. The standard InChI is InChI=1S/C19H26N4O2/c1-3-4-7-16-12-23(17-8-5-6-9-18(17)25-2)19(24)13-22(16)11-15-10-20-14-21-15/h5-6,8-10,14,16H,3-4,7,11-13H2,1-2H3,(H,20,21)/t16-/m1/s1. The van der Waals surface area contributed by atoms with Crippen molar-refractivity contribution >= 4 is 11.6 Å². The number of rotatable bonds is 7. The van der Waals surface area contributed by atoms with Gasteiger partial charge < -0.3 is 14.6 Å². The number of nitrogens with one attached hydrogen (secondary N) is 1. The number of aromatic nitrogens is 2. The number of carbonyl (C=O) groups excluding carboxylic acids is 1. The number of benzene rings is 1. The first kappa shape index (κ1) is 17.5. The first-order valence-corrected chi connectivity index (χ1v) is 8.87. The molecule has 1 aliphatic heterocycles. The number of hydrogen-bond donors (Lipinski definition) is 1. The summed E-state index contributed by atoms with van der Waals surface area (Å²) in [7, 11) is 1.65. The minimum absolute atomic E-state index is 0.108. The molecule has 6 heteroatoms. The number of aromatic amines is 1. The molecule has 0 spiro atoms. The van der Waals surface area contributed by atoms with Crippen molar-refractivity contribution in [2.75, 3.05) is 25.1 Å². The van der Waals surface area contributed by atoms with Crippen LogP contribution in [0.15, 0.2) is 36.8 Å². The summed E-state index contributed by atoms with van der Waals surface area (Å²) in [6, 6.07) is 8.06. The Morgan fingerprint density at radius 1 is 1.36 bits per heavy atom. The molecule has 25 heavy (non-hydrogen) atoms. The van der Waals surface area contributed by atoms with Crippen LogP contribution in [0.1, 0.15) is 31.9 Å². The smallest absolute Gasteiger partial charge is 0.241 e. The van der Waals surface area contributed by atoms with Gasteiger partial charge in [-0.3, -0.25) is 9.69 Å². The van der Waals surface area contributed by atoms with Crippen molar-refractivity contribution in [3.63, 3.8) is 0 Å². The van der Waals surface area contributed by atoms with E-state index in [4.69, 9.17) is 4.74 Å². The van der Waals surface area contributed by atoms with Crippen LogP contribution in [0.3, 0.4) is 0 Å². The van der Waals surface area contributed by atoms with Gasteiger partial charge in [-0.05, 0) is 18.6 Å². The lowest BCUT2D eigenvalue weighted by Crippen LogP contribution is -2.56. The minimum Gasteiger partial charge on any atom is -0.495 e. The molecular weight excluding hydrogens is 316 g/mol. The fraction of sp³-hybridized carbons (Fsp3) is 0.474. The number of nitrogens with zero attached hydrogens (tertiary/aromatic N) is 3. The van der Waals surface area contributed by atoms with Crippen LogP contribution in [0.2, 0.25) is 0 Å². The molecule has 0 unspecified atom stereocenters. The zero-order valence-corrected chi connectivity index (χ0v) is 14.9. The van der Waals surface area contributed by atoms with Crippen molar-refractivity contribution in [1.29, 1.82) is 0 Å². The summed E-state index contributed by atoms with van der Waals surface area (Å²) in [5.74, 6) is 0.851. The van der Waals surface area contributed by atoms with E-state index in [1.807, 2.05) is 35.4 Å². The van der Waals surface area contributed by atoms with E-state index in [2.05, 4.69) is 21.8 Å². The van der Waals surface area contributed by atoms with Crippen molar-refractivity contribution in [3.8, 4) is 5.75 Å². The Morgan fingerprint density at radius 2 is 2.20 bits per heavy atom. The highest BCUT2D eigenvalue weighted by Crippen LogP contribution is 2.31. The van der Waals surface area contributed by atoms with Crippen molar-refractivity contribution in [2.24, 2.45) is 0 Å². The first-order valence-electron chi connectivity index (χ1n) is 8.87. The number of piperazine rings is 1. The maximum absolute atomic E-state index is 12.8. The van der Waals surface area contributed by atoms with Crippen molar-refractivity contribution < 1.29 is 9.53 Å². The van der Waals surface area contributed by atoms with E-state index in [9.17, 15) is 4.79 Å². The maximum atomic E-state index is 12.8. The third-order valence-corrected chi connectivity index (χ3v) is 4.74. The number of methoxy groups -OCH3 is 1. The molecule has 2 heterocycles. The second kappa shape index (κ2) is 8.16. The largest absolute Gasteiger partial charge is 0.495 e. The maximum Gasteiger partial charge on any atom is 0.241 e. The number of ether oxygens (including phenoxy) is 1. The predicted octanol–water partition coefficient (Wildman–Crippen LogP) is 2.83. The summed E-state index contributed by atoms with van der Waals surface area (Å²) < 4.78 is 5.45. The molecule has 0 aliphatic carbocycles. The molecule has 134 valence electrons. The van der Waals surface area contributed by atoms with Gasteiger partial charge in [0.2, 0.25) is 5.91 Å². The highest BCUT2D eigenvalue weighted by molar-refractivity contribution is 5.97. The number of unbranched alkanes of at least 4 members (excludes halogenated alkanes) is 1. The number of para-hydroxylation sites is 2. The summed E-state index contributed by atoms with van der Waals surface area (Å²) in [6.07, 6.45) is 6.88. The van der Waals surface area contributed by atoms with Crippen molar-refractivity contribution in [2.45, 2.75) is 38.8 Å². The third kappa shape index (κ3) is 4.02. The van der Waals surface area contributed by atoms with Gasteiger partial charge in [0.15, 0.2) is 0 Å². The van der Waals surface area contributed by atoms with E-state index in [1.54, 1.807) is 13.4 Å². The zero-order valence-electron chi connectivity index (χ0n) is 14.9. The van der Waals surface area contributed by atoms with E-state index in [0.29, 0.717) is 19.1 Å². The van der Waals surface area contributed by atoms with Crippen LogP contribution in [-0.2, 0) is 11.3 Å². The molecule has 6 nitrogen and oxygen atoms in total. The van der Waals surface area contributed by atoms with Crippen LogP contribution < -0.4 is 9.64 Å². The third-order valence-electron chi connectivity index (χ3n) is 4.74. The fourth-order valence-corrected chi connectivity index (χ4v) is 3.39. The van der Waals surface area contributed by atoms with Gasteiger partial charge in [-0.25, -0.2) is 4.98 Å². The normalized spacial score (nSPS) is 18.6. The molecule has 2 aromatic rings. The molecule has 1 N–H and O–H groups in total. The van der Waals surface area contributed by atoms with E-state index in [1.165, 1.54) is 0 Å². The zero-order chi connectivity index (χ0) is 17.6. The monoisotopic (exact) mass is 342 g/mol. The molecule has 0 saturated carbocycles. The quantitative estimate of drug-likeness (QED) is 0.840. The molecule has 1 aromatic heterocycles. The average Bonchev–Trinajstić information content (AvgIpc) is 3.14. The van der Waals surface area contributed by atoms with Crippen LogP contribution >= 0.6 is 0 Å². The summed E-state index contributed by atoms with van der Waals surface area (Å²) in [4.78, 5) is 24.2. The van der Waals surface area contributed by atoms with Crippen LogP contribution in [0.4, 0.5) is 5.69 Å². The second-order valence-corrected chi connectivity index (χ2v) is 6.45. The van der Waals surface area contributed by atoms with Gasteiger partial charge >= 0.3 is 0 Å². The minimum atomic E-state index is 0.108. The lowest BCUT2D eigenvalue weighted by atomic mass is 10.0. The molecule has 1 aliphatic rings. The Morgan fingerprint density at radius 3 is 2.92 bits per heavy atom. The lowest BCUT2D eigenvalue weighted by Gasteiger charge is -2.41. The van der Waals surface area contributed by atoms with E-state index >= 15 is 0 Å². The molecule has 0 bridgehead atoms. The highest BCUT2D eigenvalue weighted by atomic mass is 16.5. The van der Waals surface area contributed by atoms with Gasteiger partial charge in [0, 0.05) is 31.0 Å². The van der Waals surface area contributed by atoms with Crippen LogP contribution in [0, 0.1) is 0 Å². The van der Waals surface area contributed by atoms with Gasteiger partial charge in [0.05, 0.1) is 25.7 Å². The molecular formula is C19H26N4O2. The Kier molecular flexibility index (Phi) is 5.71. The fourth-order valence-electron chi connectivity index (χ4n) is 3.39. The summed E-state index contributed by atoms with van der Waals surface area (Å²) in [6.45, 7) is 4.02. The van der Waals surface area contributed by atoms with E-state index in [0.717, 1.165) is 42.9 Å². The average molecular weight is 342 g/mol. The molecule has 3 rings (SSSR count). The Bertz CT molecular complexity index is 686. The van der Waals surface area contributed by atoms with E-state index < -0.39 is 0 Å². The second-order valence-electron chi connectivity index (χ2n) is 6.45. The molecule has 0 radical (unpaired) electrons. The van der Waals surface area contributed by atoms with Gasteiger partial charge in [-0.2, -0.15) is 0 Å². The Hall–Kier alpha value is -2.34. The number of hydrogen-bond acceptors (Lipinski definition) is 4. The molecule has 1 aromatic carbocycles. The molecule has 1 atom stereocenters. The van der Waals surface area contributed by atoms with Gasteiger partial charge in [0.1, 0.15) is 5.75 Å². The molecule has 1 fully saturated rings. The Balaban J connectivity index is 1.80. The SMILES string of the molecule is CCCC[C@@H]1CN(c2ccccc2OC)C(=O)CN1Cc1cnc[nH]1. The number of amides is 1. The summed E-state index contributed by atoms with van der Waals surface area (Å²) >= 11 is 0. The van der Waals surface area contributed by atoms with Gasteiger partial charge in [-0.1, -0.05) is 31.9 Å². The summed E-state index contributed by atoms with van der Waals surface area (Å²) in [5, 5.41) is 0. The predicted molar refractivity (Wildman–Crippen MR) is 97.7 cm³/mol. The number of anilines is 1. The highest BCUT2D eigenvalue weighted by Gasteiger charge is 2.33. The van der Waals surface area contributed by atoms with Crippen LogP contribution in [0.5, 0.6) is 5.75 Å². The number of carbonyl (C=O) groups is 1. The van der Waals surface area contributed by atoms with Crippen molar-refractivity contribution in [1.82, 2.24) is 14.9 Å². The number of H-pyrrole nitrogens is 1. The van der Waals surface area contributed by atoms with Crippen molar-refractivity contribution in [3.05, 3.63) is 42.5 Å². The van der Waals surface area contributed by atoms with Gasteiger partial charge in [0.25, 0.3) is 0 Å².